The number of nitro groups is 1. The third-order valence-electron chi connectivity index (χ3n) is 3.87. The molecular formula is C15H20N2O3. The van der Waals surface area contributed by atoms with Crippen molar-refractivity contribution in [3.63, 3.8) is 0 Å². The quantitative estimate of drug-likeness (QED) is 0.492. The van der Waals surface area contributed by atoms with E-state index in [0.717, 1.165) is 18.8 Å². The zero-order valence-electron chi connectivity index (χ0n) is 11.5. The molecule has 0 radical (unpaired) electrons. The lowest BCUT2D eigenvalue weighted by atomic mass is 10.0. The van der Waals surface area contributed by atoms with Gasteiger partial charge in [-0.3, -0.25) is 14.9 Å². The maximum Gasteiger partial charge on any atom is 0.270 e. The Kier molecular flexibility index (Phi) is 5.09. The summed E-state index contributed by atoms with van der Waals surface area (Å²) in [7, 11) is 0. The maximum absolute atomic E-state index is 11.9. The van der Waals surface area contributed by atoms with Gasteiger partial charge >= 0.3 is 0 Å². The minimum atomic E-state index is -0.489. The number of carbonyl (C=O) groups is 1. The minimum absolute atomic E-state index is 0.0522. The summed E-state index contributed by atoms with van der Waals surface area (Å²) in [5.74, 6) is 0.588. The van der Waals surface area contributed by atoms with Gasteiger partial charge in [-0.2, -0.15) is 0 Å². The number of hydrogen-bond acceptors (Lipinski definition) is 3. The van der Waals surface area contributed by atoms with Crippen molar-refractivity contribution in [1.82, 2.24) is 5.32 Å². The normalized spacial score (nSPS) is 15.2. The highest BCUT2D eigenvalue weighted by atomic mass is 16.6. The number of rotatable bonds is 6. The number of nitro benzene ring substituents is 1. The summed E-state index contributed by atoms with van der Waals surface area (Å²) in [6.45, 7) is 0.637. The Bertz CT molecular complexity index is 482. The van der Waals surface area contributed by atoms with Crippen LogP contribution in [0.1, 0.15) is 48.9 Å². The molecule has 1 saturated carbocycles. The van der Waals surface area contributed by atoms with Crippen LogP contribution in [0.25, 0.3) is 0 Å². The lowest BCUT2D eigenvalue weighted by Crippen LogP contribution is -2.24. The second-order valence-electron chi connectivity index (χ2n) is 5.36. The monoisotopic (exact) mass is 276 g/mol. The summed E-state index contributed by atoms with van der Waals surface area (Å²) >= 11 is 0. The van der Waals surface area contributed by atoms with Crippen LogP contribution >= 0.6 is 0 Å². The highest BCUT2D eigenvalue weighted by Crippen LogP contribution is 2.28. The van der Waals surface area contributed by atoms with Crippen molar-refractivity contribution in [3.8, 4) is 0 Å². The fourth-order valence-corrected chi connectivity index (χ4v) is 2.75. The Morgan fingerprint density at radius 3 is 2.80 bits per heavy atom. The van der Waals surface area contributed by atoms with Crippen LogP contribution in [0.2, 0.25) is 0 Å². The molecule has 1 amide bonds. The van der Waals surface area contributed by atoms with E-state index in [2.05, 4.69) is 5.32 Å². The van der Waals surface area contributed by atoms with Crippen molar-refractivity contribution >= 4 is 11.6 Å². The third-order valence-corrected chi connectivity index (χ3v) is 3.87. The van der Waals surface area contributed by atoms with Crippen molar-refractivity contribution < 1.29 is 9.72 Å². The summed E-state index contributed by atoms with van der Waals surface area (Å²) < 4.78 is 0. The third kappa shape index (κ3) is 4.05. The average Bonchev–Trinajstić information content (AvgIpc) is 2.96. The van der Waals surface area contributed by atoms with Crippen molar-refractivity contribution in [2.24, 2.45) is 5.92 Å². The van der Waals surface area contributed by atoms with Crippen LogP contribution in [-0.4, -0.2) is 17.4 Å². The van der Waals surface area contributed by atoms with Gasteiger partial charge in [0.25, 0.3) is 11.6 Å². The second-order valence-corrected chi connectivity index (χ2v) is 5.36. The Morgan fingerprint density at radius 2 is 2.10 bits per heavy atom. The number of nitrogens with one attached hydrogen (secondary N) is 1. The van der Waals surface area contributed by atoms with Crippen LogP contribution in [0.5, 0.6) is 0 Å². The Morgan fingerprint density at radius 1 is 1.35 bits per heavy atom. The summed E-state index contributed by atoms with van der Waals surface area (Å²) in [5.41, 5.74) is 0.295. The van der Waals surface area contributed by atoms with Crippen molar-refractivity contribution in [2.75, 3.05) is 6.54 Å². The predicted octanol–water partition coefficient (Wildman–Crippen LogP) is 3.30. The van der Waals surface area contributed by atoms with Gasteiger partial charge in [0.15, 0.2) is 0 Å². The average molecular weight is 276 g/mol. The van der Waals surface area contributed by atoms with Gasteiger partial charge in [-0.15, -0.1) is 0 Å². The molecule has 1 aliphatic carbocycles. The molecule has 5 nitrogen and oxygen atoms in total. The van der Waals surface area contributed by atoms with Crippen LogP contribution in [0.15, 0.2) is 24.3 Å². The number of benzene rings is 1. The smallest absolute Gasteiger partial charge is 0.270 e. The number of amides is 1. The molecule has 0 spiro atoms. The molecule has 0 aromatic heterocycles. The molecule has 0 saturated heterocycles. The van der Waals surface area contributed by atoms with Gasteiger partial charge in [-0.25, -0.2) is 0 Å². The molecule has 1 aliphatic rings. The van der Waals surface area contributed by atoms with E-state index in [4.69, 9.17) is 0 Å². The van der Waals surface area contributed by atoms with Crippen LogP contribution in [0.4, 0.5) is 5.69 Å². The number of carbonyl (C=O) groups excluding carboxylic acids is 1. The molecule has 1 aromatic rings. The van der Waals surface area contributed by atoms with Gasteiger partial charge < -0.3 is 5.32 Å². The fraction of sp³-hybridized carbons (Fsp3) is 0.533. The predicted molar refractivity (Wildman–Crippen MR) is 76.6 cm³/mol. The van der Waals surface area contributed by atoms with E-state index in [1.54, 1.807) is 6.07 Å². The van der Waals surface area contributed by atoms with Crippen LogP contribution in [0.3, 0.4) is 0 Å². The molecule has 0 heterocycles. The number of non-ortho nitro benzene ring substituents is 1. The van der Waals surface area contributed by atoms with E-state index in [-0.39, 0.29) is 11.6 Å². The molecular weight excluding hydrogens is 256 g/mol. The summed E-state index contributed by atoms with van der Waals surface area (Å²) in [4.78, 5) is 22.0. The molecule has 20 heavy (non-hydrogen) atoms. The molecule has 0 bridgehead atoms. The van der Waals surface area contributed by atoms with E-state index >= 15 is 0 Å². The lowest BCUT2D eigenvalue weighted by molar-refractivity contribution is -0.384. The van der Waals surface area contributed by atoms with E-state index < -0.39 is 4.92 Å². The van der Waals surface area contributed by atoms with Crippen LogP contribution < -0.4 is 5.32 Å². The molecule has 0 unspecified atom stereocenters. The van der Waals surface area contributed by atoms with Gasteiger partial charge in [0.2, 0.25) is 0 Å². The van der Waals surface area contributed by atoms with Crippen molar-refractivity contribution in [1.29, 1.82) is 0 Å². The Balaban J connectivity index is 1.76. The zero-order chi connectivity index (χ0) is 14.4. The van der Waals surface area contributed by atoms with Crippen LogP contribution in [-0.2, 0) is 0 Å². The minimum Gasteiger partial charge on any atom is -0.352 e. The summed E-state index contributed by atoms with van der Waals surface area (Å²) in [5, 5.41) is 13.5. The lowest BCUT2D eigenvalue weighted by Gasteiger charge is -2.09. The fourth-order valence-electron chi connectivity index (χ4n) is 2.75. The van der Waals surface area contributed by atoms with E-state index in [9.17, 15) is 14.9 Å². The van der Waals surface area contributed by atoms with Crippen molar-refractivity contribution in [2.45, 2.75) is 38.5 Å². The first-order valence-corrected chi connectivity index (χ1v) is 7.19. The maximum atomic E-state index is 11.9. The first-order chi connectivity index (χ1) is 9.66. The molecule has 108 valence electrons. The van der Waals surface area contributed by atoms with E-state index in [1.165, 1.54) is 43.9 Å². The topological polar surface area (TPSA) is 72.2 Å². The van der Waals surface area contributed by atoms with E-state index in [0.29, 0.717) is 12.1 Å². The number of hydrogen-bond donors (Lipinski definition) is 1. The van der Waals surface area contributed by atoms with Gasteiger partial charge in [0.05, 0.1) is 4.92 Å². The SMILES string of the molecule is O=C(NCCCC1CCCC1)c1cccc([N+](=O)[O-])c1. The molecule has 5 heteroatoms. The largest absolute Gasteiger partial charge is 0.352 e. The number of nitrogens with zero attached hydrogens (tertiary/aromatic N) is 1. The van der Waals surface area contributed by atoms with Crippen LogP contribution in [0, 0.1) is 16.0 Å². The molecule has 0 aliphatic heterocycles. The first kappa shape index (κ1) is 14.5. The Labute approximate surface area is 118 Å². The summed E-state index contributed by atoms with van der Waals surface area (Å²) in [6, 6.07) is 5.83. The summed E-state index contributed by atoms with van der Waals surface area (Å²) in [6.07, 6.45) is 7.45. The van der Waals surface area contributed by atoms with Crippen molar-refractivity contribution in [3.05, 3.63) is 39.9 Å². The molecule has 1 aromatic carbocycles. The van der Waals surface area contributed by atoms with Gasteiger partial charge in [0.1, 0.15) is 0 Å². The zero-order valence-corrected chi connectivity index (χ0v) is 11.5. The molecule has 1 fully saturated rings. The second kappa shape index (κ2) is 7.03. The Hall–Kier alpha value is -1.91. The molecule has 2 rings (SSSR count). The standard InChI is InChI=1S/C15H20N2O3/c18-15(13-8-3-9-14(11-13)17(19)20)16-10-4-7-12-5-1-2-6-12/h3,8-9,11-12H,1-2,4-7,10H2,(H,16,18). The first-order valence-electron chi connectivity index (χ1n) is 7.19. The highest BCUT2D eigenvalue weighted by Gasteiger charge is 2.15. The van der Waals surface area contributed by atoms with E-state index in [1.807, 2.05) is 0 Å². The highest BCUT2D eigenvalue weighted by molar-refractivity contribution is 5.94. The van der Waals surface area contributed by atoms with Gasteiger partial charge in [-0.05, 0) is 24.8 Å². The van der Waals surface area contributed by atoms with Gasteiger partial charge in [0, 0.05) is 24.2 Å². The van der Waals surface area contributed by atoms with Gasteiger partial charge in [-0.1, -0.05) is 31.7 Å². The molecule has 0 atom stereocenters. The molecule has 1 N–H and O–H groups in total.